The molecule has 0 spiro atoms. The Morgan fingerprint density at radius 1 is 0.912 bits per heavy atom. The molecule has 1 aliphatic rings. The standard InChI is InChI=1S/C28H31ClN2O3/c1-28(2,22-11-13-23(29)14-12-22)27(32)31-17-15-30(16-18-31)20-21-7-6-8-24(19-21)34-26-10-5-4-9-25(26)33-3/h4-14,19H,15-18,20H2,1-3H3. The first kappa shape index (κ1) is 24.1. The van der Waals surface area contributed by atoms with Crippen LogP contribution >= 0.6 is 11.6 Å². The molecule has 34 heavy (non-hydrogen) atoms. The van der Waals surface area contributed by atoms with Crippen LogP contribution in [0.2, 0.25) is 5.02 Å². The minimum atomic E-state index is -0.586. The van der Waals surface area contributed by atoms with Gasteiger partial charge in [0.1, 0.15) is 5.75 Å². The van der Waals surface area contributed by atoms with Gasteiger partial charge in [-0.1, -0.05) is 48.0 Å². The van der Waals surface area contributed by atoms with Gasteiger partial charge in [-0.2, -0.15) is 0 Å². The zero-order valence-corrected chi connectivity index (χ0v) is 20.7. The first-order valence-electron chi connectivity index (χ1n) is 11.5. The maximum absolute atomic E-state index is 13.3. The highest BCUT2D eigenvalue weighted by molar-refractivity contribution is 6.30. The first-order chi connectivity index (χ1) is 16.4. The Balaban J connectivity index is 1.35. The smallest absolute Gasteiger partial charge is 0.232 e. The number of para-hydroxylation sites is 2. The number of halogens is 1. The van der Waals surface area contributed by atoms with Gasteiger partial charge in [-0.15, -0.1) is 0 Å². The molecular formula is C28H31ClN2O3. The van der Waals surface area contributed by atoms with Gasteiger partial charge >= 0.3 is 0 Å². The molecule has 1 amide bonds. The molecule has 178 valence electrons. The fraction of sp³-hybridized carbons (Fsp3) is 0.321. The molecule has 0 radical (unpaired) electrons. The van der Waals surface area contributed by atoms with E-state index < -0.39 is 5.41 Å². The van der Waals surface area contributed by atoms with Crippen molar-refractivity contribution >= 4 is 17.5 Å². The van der Waals surface area contributed by atoms with Crippen LogP contribution in [0.5, 0.6) is 17.2 Å². The highest BCUT2D eigenvalue weighted by Gasteiger charge is 2.35. The van der Waals surface area contributed by atoms with Gasteiger partial charge in [-0.25, -0.2) is 0 Å². The summed E-state index contributed by atoms with van der Waals surface area (Å²) in [7, 11) is 1.64. The van der Waals surface area contributed by atoms with Crippen LogP contribution in [0.3, 0.4) is 0 Å². The van der Waals surface area contributed by atoms with Crippen molar-refractivity contribution in [1.29, 1.82) is 0 Å². The molecule has 1 saturated heterocycles. The van der Waals surface area contributed by atoms with E-state index in [1.165, 1.54) is 5.56 Å². The lowest BCUT2D eigenvalue weighted by molar-refractivity contribution is -0.138. The second kappa shape index (κ2) is 10.5. The van der Waals surface area contributed by atoms with Gasteiger partial charge in [0.25, 0.3) is 0 Å². The topological polar surface area (TPSA) is 42.0 Å². The van der Waals surface area contributed by atoms with Gasteiger partial charge in [0.05, 0.1) is 12.5 Å². The highest BCUT2D eigenvalue weighted by Crippen LogP contribution is 2.31. The van der Waals surface area contributed by atoms with Crippen LogP contribution in [0.4, 0.5) is 0 Å². The molecule has 1 fully saturated rings. The molecule has 0 saturated carbocycles. The Bertz CT molecular complexity index is 1120. The van der Waals surface area contributed by atoms with Gasteiger partial charge in [0.2, 0.25) is 5.91 Å². The first-order valence-corrected chi connectivity index (χ1v) is 11.9. The quantitative estimate of drug-likeness (QED) is 0.432. The van der Waals surface area contributed by atoms with E-state index in [-0.39, 0.29) is 5.91 Å². The Hall–Kier alpha value is -3.02. The minimum absolute atomic E-state index is 0.154. The second-order valence-electron chi connectivity index (χ2n) is 9.10. The Labute approximate surface area is 206 Å². The van der Waals surface area contributed by atoms with Crippen molar-refractivity contribution in [2.75, 3.05) is 33.3 Å². The van der Waals surface area contributed by atoms with E-state index in [2.05, 4.69) is 17.0 Å². The Morgan fingerprint density at radius 2 is 1.59 bits per heavy atom. The maximum Gasteiger partial charge on any atom is 0.232 e. The summed E-state index contributed by atoms with van der Waals surface area (Å²) in [4.78, 5) is 17.6. The molecule has 0 aromatic heterocycles. The van der Waals surface area contributed by atoms with E-state index in [1.54, 1.807) is 7.11 Å². The molecule has 1 heterocycles. The number of ether oxygens (including phenoxy) is 2. The van der Waals surface area contributed by atoms with Crippen LogP contribution in [0.15, 0.2) is 72.8 Å². The van der Waals surface area contributed by atoms with E-state index in [4.69, 9.17) is 21.1 Å². The van der Waals surface area contributed by atoms with Gasteiger partial charge < -0.3 is 14.4 Å². The molecular weight excluding hydrogens is 448 g/mol. The fourth-order valence-corrected chi connectivity index (χ4v) is 4.42. The molecule has 0 N–H and O–H groups in total. The van der Waals surface area contributed by atoms with Crippen LogP contribution in [-0.2, 0) is 16.8 Å². The molecule has 0 bridgehead atoms. The molecule has 5 nitrogen and oxygen atoms in total. The van der Waals surface area contributed by atoms with Crippen molar-refractivity contribution in [1.82, 2.24) is 9.80 Å². The van der Waals surface area contributed by atoms with Crippen molar-refractivity contribution < 1.29 is 14.3 Å². The maximum atomic E-state index is 13.3. The number of carbonyl (C=O) groups is 1. The highest BCUT2D eigenvalue weighted by atomic mass is 35.5. The number of benzene rings is 3. The second-order valence-corrected chi connectivity index (χ2v) is 9.54. The van der Waals surface area contributed by atoms with E-state index >= 15 is 0 Å². The van der Waals surface area contributed by atoms with Crippen LogP contribution in [0.25, 0.3) is 0 Å². The number of amides is 1. The zero-order chi connectivity index (χ0) is 24.1. The number of rotatable bonds is 7. The van der Waals surface area contributed by atoms with Crippen molar-refractivity contribution in [3.63, 3.8) is 0 Å². The summed E-state index contributed by atoms with van der Waals surface area (Å²) >= 11 is 6.02. The molecule has 0 aliphatic carbocycles. The number of piperazine rings is 1. The third kappa shape index (κ3) is 5.54. The summed E-state index contributed by atoms with van der Waals surface area (Å²) in [5.41, 5.74) is 1.57. The molecule has 3 aromatic carbocycles. The lowest BCUT2D eigenvalue weighted by atomic mass is 9.83. The molecule has 0 atom stereocenters. The van der Waals surface area contributed by atoms with E-state index in [9.17, 15) is 4.79 Å². The Kier molecular flexibility index (Phi) is 7.44. The predicted molar refractivity (Wildman–Crippen MR) is 136 cm³/mol. The van der Waals surface area contributed by atoms with Crippen molar-refractivity contribution in [2.24, 2.45) is 0 Å². The number of methoxy groups -OCH3 is 1. The van der Waals surface area contributed by atoms with Gasteiger partial charge in [0.15, 0.2) is 11.5 Å². The summed E-state index contributed by atoms with van der Waals surface area (Å²) < 4.78 is 11.4. The summed E-state index contributed by atoms with van der Waals surface area (Å²) in [6.45, 7) is 7.88. The van der Waals surface area contributed by atoms with Gasteiger partial charge in [0, 0.05) is 37.7 Å². The van der Waals surface area contributed by atoms with Crippen molar-refractivity contribution in [3.05, 3.63) is 88.9 Å². The summed E-state index contributed by atoms with van der Waals surface area (Å²) in [5.74, 6) is 2.33. The third-order valence-corrected chi connectivity index (χ3v) is 6.61. The van der Waals surface area contributed by atoms with Crippen LogP contribution in [0.1, 0.15) is 25.0 Å². The van der Waals surface area contributed by atoms with Crippen LogP contribution in [0, 0.1) is 0 Å². The largest absolute Gasteiger partial charge is 0.493 e. The van der Waals surface area contributed by atoms with Crippen molar-refractivity contribution in [2.45, 2.75) is 25.8 Å². The number of carbonyl (C=O) groups excluding carboxylic acids is 1. The molecule has 4 rings (SSSR count). The van der Waals surface area contributed by atoms with Gasteiger partial charge in [-0.3, -0.25) is 9.69 Å². The lowest BCUT2D eigenvalue weighted by Crippen LogP contribution is -2.52. The Morgan fingerprint density at radius 3 is 2.26 bits per heavy atom. The number of nitrogens with zero attached hydrogens (tertiary/aromatic N) is 2. The SMILES string of the molecule is COc1ccccc1Oc1cccc(CN2CCN(C(=O)C(C)(C)c3ccc(Cl)cc3)CC2)c1. The fourth-order valence-electron chi connectivity index (χ4n) is 4.29. The van der Waals surface area contributed by atoms with E-state index in [0.29, 0.717) is 29.6 Å². The van der Waals surface area contributed by atoms with Crippen LogP contribution in [-0.4, -0.2) is 49.0 Å². The predicted octanol–water partition coefficient (Wildman–Crippen LogP) is 5.76. The molecule has 0 unspecified atom stereocenters. The molecule has 6 heteroatoms. The number of hydrogen-bond donors (Lipinski definition) is 0. The number of hydrogen-bond acceptors (Lipinski definition) is 4. The van der Waals surface area contributed by atoms with Crippen molar-refractivity contribution in [3.8, 4) is 17.2 Å². The average molecular weight is 479 g/mol. The third-order valence-electron chi connectivity index (χ3n) is 6.36. The van der Waals surface area contributed by atoms with E-state index in [0.717, 1.165) is 30.9 Å². The zero-order valence-electron chi connectivity index (χ0n) is 20.0. The average Bonchev–Trinajstić information content (AvgIpc) is 2.85. The summed E-state index contributed by atoms with van der Waals surface area (Å²) in [6, 6.07) is 23.3. The van der Waals surface area contributed by atoms with Gasteiger partial charge in [-0.05, 0) is 61.4 Å². The normalized spacial score (nSPS) is 14.6. The monoisotopic (exact) mass is 478 g/mol. The molecule has 3 aromatic rings. The minimum Gasteiger partial charge on any atom is -0.493 e. The molecule has 1 aliphatic heterocycles. The van der Waals surface area contributed by atoms with E-state index in [1.807, 2.05) is 79.4 Å². The lowest BCUT2D eigenvalue weighted by Gasteiger charge is -2.39. The van der Waals surface area contributed by atoms with Crippen LogP contribution < -0.4 is 9.47 Å². The summed E-state index contributed by atoms with van der Waals surface area (Å²) in [6.07, 6.45) is 0. The summed E-state index contributed by atoms with van der Waals surface area (Å²) in [5, 5.41) is 0.679.